The number of nitrogens with one attached hydrogen (secondary N) is 1. The fourth-order valence-electron chi connectivity index (χ4n) is 1.54. The lowest BCUT2D eigenvalue weighted by atomic mass is 10.3. The normalized spacial score (nSPS) is 21.7. The summed E-state index contributed by atoms with van der Waals surface area (Å²) in [5.41, 5.74) is 0. The molecule has 1 aromatic heterocycles. The van der Waals surface area contributed by atoms with Gasteiger partial charge in [0.05, 0.1) is 6.10 Å². The van der Waals surface area contributed by atoms with Crippen molar-refractivity contribution in [1.29, 1.82) is 0 Å². The summed E-state index contributed by atoms with van der Waals surface area (Å²) >= 11 is 0. The van der Waals surface area contributed by atoms with Crippen molar-refractivity contribution in [3.8, 4) is 0 Å². The van der Waals surface area contributed by atoms with Crippen molar-refractivity contribution in [3.63, 3.8) is 0 Å². The van der Waals surface area contributed by atoms with Crippen LogP contribution < -0.4 is 5.32 Å². The van der Waals surface area contributed by atoms with E-state index in [9.17, 15) is 0 Å². The van der Waals surface area contributed by atoms with Crippen LogP contribution in [0, 0.1) is 6.92 Å². The number of aryl methyl sites for hydroxylation is 1. The Morgan fingerprint density at radius 2 is 2.43 bits per heavy atom. The fourth-order valence-corrected chi connectivity index (χ4v) is 1.54. The van der Waals surface area contributed by atoms with Crippen molar-refractivity contribution in [2.75, 3.05) is 13.1 Å². The first-order chi connectivity index (χ1) is 6.77. The number of nitrogens with zero attached hydrogens (tertiary/aromatic N) is 3. The summed E-state index contributed by atoms with van der Waals surface area (Å²) in [5.74, 6) is 1.82. The third-order valence-corrected chi connectivity index (χ3v) is 2.65. The maximum Gasteiger partial charge on any atom is 0.158 e. The maximum atomic E-state index is 5.70. The van der Waals surface area contributed by atoms with E-state index in [1.807, 2.05) is 18.5 Å². The van der Waals surface area contributed by atoms with Crippen LogP contribution in [-0.4, -0.2) is 34.0 Å². The number of hydrogen-bond acceptors (Lipinski definition) is 4. The quantitative estimate of drug-likeness (QED) is 0.739. The summed E-state index contributed by atoms with van der Waals surface area (Å²) in [4.78, 5) is 0. The van der Waals surface area contributed by atoms with Gasteiger partial charge in [0.15, 0.2) is 5.82 Å². The third-order valence-electron chi connectivity index (χ3n) is 2.65. The highest BCUT2D eigenvalue weighted by Crippen LogP contribution is 2.07. The van der Waals surface area contributed by atoms with Gasteiger partial charge in [-0.05, 0) is 19.9 Å². The average Bonchev–Trinajstić information content (AvgIpc) is 2.77. The maximum absolute atomic E-state index is 5.70. The molecule has 1 saturated heterocycles. The second kappa shape index (κ2) is 4.06. The van der Waals surface area contributed by atoms with Crippen LogP contribution in [0.3, 0.4) is 0 Å². The molecule has 2 heterocycles. The number of aromatic nitrogens is 3. The minimum atomic E-state index is 0.340. The molecule has 1 unspecified atom stereocenters. The van der Waals surface area contributed by atoms with E-state index in [-0.39, 0.29) is 0 Å². The third kappa shape index (κ3) is 1.93. The Morgan fingerprint density at radius 3 is 3.00 bits per heavy atom. The van der Waals surface area contributed by atoms with Gasteiger partial charge >= 0.3 is 0 Å². The molecule has 5 heteroatoms. The molecule has 0 bridgehead atoms. The smallest absolute Gasteiger partial charge is 0.158 e. The van der Waals surface area contributed by atoms with Gasteiger partial charge in [-0.3, -0.25) is 0 Å². The molecule has 1 aliphatic heterocycles. The van der Waals surface area contributed by atoms with Crippen LogP contribution >= 0.6 is 0 Å². The number of ether oxygens (including phenoxy) is 1. The highest BCUT2D eigenvalue weighted by Gasteiger charge is 2.15. The van der Waals surface area contributed by atoms with E-state index in [0.29, 0.717) is 12.7 Å². The van der Waals surface area contributed by atoms with Gasteiger partial charge in [0, 0.05) is 13.6 Å². The molecular weight excluding hydrogens is 180 g/mol. The molecule has 0 saturated carbocycles. The second-order valence-corrected chi connectivity index (χ2v) is 3.65. The zero-order valence-corrected chi connectivity index (χ0v) is 8.66. The van der Waals surface area contributed by atoms with Crippen LogP contribution in [0.15, 0.2) is 0 Å². The largest absolute Gasteiger partial charge is 0.369 e. The van der Waals surface area contributed by atoms with Crippen molar-refractivity contribution < 1.29 is 4.74 Å². The fraction of sp³-hybridized carbons (Fsp3) is 0.778. The van der Waals surface area contributed by atoms with Gasteiger partial charge < -0.3 is 14.6 Å². The SMILES string of the molecule is Cc1nnc(COC2CCNC2)n1C. The number of rotatable bonds is 3. The van der Waals surface area contributed by atoms with E-state index in [0.717, 1.165) is 31.2 Å². The molecule has 1 aliphatic rings. The Morgan fingerprint density at radius 1 is 1.57 bits per heavy atom. The molecule has 1 N–H and O–H groups in total. The van der Waals surface area contributed by atoms with E-state index in [1.54, 1.807) is 0 Å². The van der Waals surface area contributed by atoms with Gasteiger partial charge in [0.25, 0.3) is 0 Å². The van der Waals surface area contributed by atoms with E-state index in [4.69, 9.17) is 4.74 Å². The monoisotopic (exact) mass is 196 g/mol. The van der Waals surface area contributed by atoms with Crippen LogP contribution in [0.5, 0.6) is 0 Å². The Bertz CT molecular complexity index is 304. The lowest BCUT2D eigenvalue weighted by Crippen LogP contribution is -2.17. The summed E-state index contributed by atoms with van der Waals surface area (Å²) in [6, 6.07) is 0. The summed E-state index contributed by atoms with van der Waals surface area (Å²) in [6.45, 7) is 4.51. The first-order valence-electron chi connectivity index (χ1n) is 4.94. The zero-order chi connectivity index (χ0) is 9.97. The van der Waals surface area contributed by atoms with Crippen molar-refractivity contribution in [2.24, 2.45) is 7.05 Å². The topological polar surface area (TPSA) is 52.0 Å². The van der Waals surface area contributed by atoms with E-state index >= 15 is 0 Å². The van der Waals surface area contributed by atoms with Crippen LogP contribution in [0.2, 0.25) is 0 Å². The predicted octanol–water partition coefficient (Wildman–Crippen LogP) is 0.00202. The molecule has 14 heavy (non-hydrogen) atoms. The molecule has 0 spiro atoms. The summed E-state index contributed by atoms with van der Waals surface area (Å²) in [7, 11) is 1.96. The predicted molar refractivity (Wildman–Crippen MR) is 51.8 cm³/mol. The molecule has 0 aromatic carbocycles. The van der Waals surface area contributed by atoms with Gasteiger partial charge in [-0.2, -0.15) is 0 Å². The van der Waals surface area contributed by atoms with E-state index in [2.05, 4.69) is 15.5 Å². The standard InChI is InChI=1S/C9H16N4O/c1-7-11-12-9(13(7)2)6-14-8-3-4-10-5-8/h8,10H,3-6H2,1-2H3. The van der Waals surface area contributed by atoms with Gasteiger partial charge in [-0.15, -0.1) is 10.2 Å². The minimum Gasteiger partial charge on any atom is -0.369 e. The first kappa shape index (κ1) is 9.61. The Labute approximate surface area is 83.5 Å². The van der Waals surface area contributed by atoms with E-state index < -0.39 is 0 Å². The van der Waals surface area contributed by atoms with Crippen LogP contribution in [0.25, 0.3) is 0 Å². The number of hydrogen-bond donors (Lipinski definition) is 1. The van der Waals surface area contributed by atoms with Gasteiger partial charge in [-0.1, -0.05) is 0 Å². The van der Waals surface area contributed by atoms with Gasteiger partial charge in [0.1, 0.15) is 12.4 Å². The minimum absolute atomic E-state index is 0.340. The van der Waals surface area contributed by atoms with Crippen molar-refractivity contribution in [2.45, 2.75) is 26.1 Å². The van der Waals surface area contributed by atoms with Crippen LogP contribution in [0.4, 0.5) is 0 Å². The average molecular weight is 196 g/mol. The van der Waals surface area contributed by atoms with Crippen molar-refractivity contribution in [3.05, 3.63) is 11.6 Å². The lowest BCUT2D eigenvalue weighted by molar-refractivity contribution is 0.0486. The van der Waals surface area contributed by atoms with Crippen LogP contribution in [0.1, 0.15) is 18.1 Å². The zero-order valence-electron chi connectivity index (χ0n) is 8.66. The summed E-state index contributed by atoms with van der Waals surface area (Å²) in [6.07, 6.45) is 1.43. The molecule has 1 atom stereocenters. The Hall–Kier alpha value is -0.940. The molecular formula is C9H16N4O. The molecule has 1 aromatic rings. The Balaban J connectivity index is 1.88. The Kier molecular flexibility index (Phi) is 2.79. The lowest BCUT2D eigenvalue weighted by Gasteiger charge is -2.09. The molecule has 1 fully saturated rings. The molecule has 0 amide bonds. The van der Waals surface area contributed by atoms with Crippen molar-refractivity contribution in [1.82, 2.24) is 20.1 Å². The highest BCUT2D eigenvalue weighted by molar-refractivity contribution is 4.90. The highest BCUT2D eigenvalue weighted by atomic mass is 16.5. The first-order valence-corrected chi connectivity index (χ1v) is 4.94. The van der Waals surface area contributed by atoms with E-state index in [1.165, 1.54) is 0 Å². The van der Waals surface area contributed by atoms with Crippen LogP contribution in [-0.2, 0) is 18.4 Å². The second-order valence-electron chi connectivity index (χ2n) is 3.65. The molecule has 0 radical (unpaired) electrons. The van der Waals surface area contributed by atoms with Gasteiger partial charge in [-0.25, -0.2) is 0 Å². The molecule has 0 aliphatic carbocycles. The summed E-state index contributed by atoms with van der Waals surface area (Å²) in [5, 5.41) is 11.3. The molecule has 78 valence electrons. The van der Waals surface area contributed by atoms with Gasteiger partial charge in [0.2, 0.25) is 0 Å². The molecule has 5 nitrogen and oxygen atoms in total. The van der Waals surface area contributed by atoms with Crippen molar-refractivity contribution >= 4 is 0 Å². The summed E-state index contributed by atoms with van der Waals surface area (Å²) < 4.78 is 7.66. The molecule has 2 rings (SSSR count).